The lowest BCUT2D eigenvalue weighted by Crippen LogP contribution is -2.57. The molecule has 0 amide bonds. The average molecular weight is 369 g/mol. The molecule has 1 aromatic carbocycles. The van der Waals surface area contributed by atoms with Gasteiger partial charge in [-0.05, 0) is 32.3 Å². The van der Waals surface area contributed by atoms with Crippen molar-refractivity contribution in [3.05, 3.63) is 39.7 Å². The third kappa shape index (κ3) is 2.90. The molecule has 1 aliphatic carbocycles. The minimum absolute atomic E-state index is 0.0564. The van der Waals surface area contributed by atoms with E-state index in [9.17, 15) is 22.9 Å². The van der Waals surface area contributed by atoms with Crippen LogP contribution in [-0.4, -0.2) is 29.7 Å². The average Bonchev–Trinajstić information content (AvgIpc) is 3.28. The molecule has 1 aromatic rings. The Morgan fingerprint density at radius 2 is 2.04 bits per heavy atom. The fraction of sp³-hybridized carbons (Fsp3) is 0.562. The Labute approximate surface area is 145 Å². The van der Waals surface area contributed by atoms with E-state index < -0.39 is 36.6 Å². The summed E-state index contributed by atoms with van der Waals surface area (Å²) in [7, 11) is -3.73. The maximum atomic E-state index is 14.3. The molecule has 1 heterocycles. The number of nitro benzene ring substituents is 1. The molecular weight excluding hydrogens is 349 g/mol. The molecule has 0 saturated heterocycles. The number of amidine groups is 1. The van der Waals surface area contributed by atoms with Crippen molar-refractivity contribution in [1.82, 2.24) is 0 Å². The van der Waals surface area contributed by atoms with Gasteiger partial charge in [-0.1, -0.05) is 12.8 Å². The first kappa shape index (κ1) is 17.8. The fourth-order valence-electron chi connectivity index (χ4n) is 3.39. The molecule has 0 spiro atoms. The van der Waals surface area contributed by atoms with Gasteiger partial charge in [-0.2, -0.15) is 0 Å². The summed E-state index contributed by atoms with van der Waals surface area (Å²) in [5.74, 6) is -0.931. The number of halogens is 1. The number of nitrogens with two attached hydrogens (primary N) is 1. The Bertz CT molecular complexity index is 881. The van der Waals surface area contributed by atoms with Crippen LogP contribution in [0.25, 0.3) is 0 Å². The summed E-state index contributed by atoms with van der Waals surface area (Å²) < 4.78 is 39.0. The highest BCUT2D eigenvalue weighted by atomic mass is 32.2. The second-order valence-corrected chi connectivity index (χ2v) is 9.75. The summed E-state index contributed by atoms with van der Waals surface area (Å²) in [6.45, 7) is 3.00. The molecule has 0 radical (unpaired) electrons. The Morgan fingerprint density at radius 3 is 2.56 bits per heavy atom. The Morgan fingerprint density at radius 1 is 1.40 bits per heavy atom. The van der Waals surface area contributed by atoms with Gasteiger partial charge in [0, 0.05) is 17.7 Å². The van der Waals surface area contributed by atoms with Crippen LogP contribution in [0.3, 0.4) is 0 Å². The molecule has 25 heavy (non-hydrogen) atoms. The molecule has 0 aromatic heterocycles. The molecule has 9 heteroatoms. The number of hydrogen-bond acceptors (Lipinski definition) is 6. The van der Waals surface area contributed by atoms with Crippen molar-refractivity contribution in [3.63, 3.8) is 0 Å². The van der Waals surface area contributed by atoms with Crippen molar-refractivity contribution in [2.24, 2.45) is 16.6 Å². The smallest absolute Gasteiger partial charge is 0.270 e. The number of nitro groups is 1. The monoisotopic (exact) mass is 369 g/mol. The van der Waals surface area contributed by atoms with Crippen LogP contribution in [0.15, 0.2) is 23.2 Å². The highest BCUT2D eigenvalue weighted by Crippen LogP contribution is 2.45. The van der Waals surface area contributed by atoms with Crippen LogP contribution in [-0.2, 0) is 15.4 Å². The third-order valence-electron chi connectivity index (χ3n) is 5.18. The zero-order valence-corrected chi connectivity index (χ0v) is 14.8. The van der Waals surface area contributed by atoms with Crippen LogP contribution in [0, 0.1) is 21.8 Å². The normalized spacial score (nSPS) is 31.4. The number of nitrogens with zero attached hydrogens (tertiary/aromatic N) is 2. The molecule has 7 nitrogen and oxygen atoms in total. The highest BCUT2D eigenvalue weighted by Gasteiger charge is 2.53. The van der Waals surface area contributed by atoms with E-state index in [4.69, 9.17) is 5.73 Å². The molecule has 2 aliphatic rings. The number of benzene rings is 1. The van der Waals surface area contributed by atoms with Crippen LogP contribution in [0.2, 0.25) is 0 Å². The van der Waals surface area contributed by atoms with E-state index in [2.05, 4.69) is 4.99 Å². The van der Waals surface area contributed by atoms with Gasteiger partial charge in [-0.25, -0.2) is 12.8 Å². The third-order valence-corrected chi connectivity index (χ3v) is 7.87. The molecule has 136 valence electrons. The van der Waals surface area contributed by atoms with Crippen molar-refractivity contribution in [2.75, 3.05) is 5.75 Å². The molecule has 1 aliphatic heterocycles. The van der Waals surface area contributed by atoms with Crippen molar-refractivity contribution >= 4 is 21.4 Å². The largest absolute Gasteiger partial charge is 0.386 e. The molecule has 1 unspecified atom stereocenters. The standard InChI is InChI=1S/C16H20FN3O4S/c1-15(12-7-11(20(21)22)5-6-13(12)17)9-25(23,24)16(2,14(18)19-15)8-10-3-4-10/h5-7,10H,3-4,8-9H2,1-2H3,(H2,18,19)/t15-,16?/m0/s1. The lowest BCUT2D eigenvalue weighted by atomic mass is 9.92. The van der Waals surface area contributed by atoms with Gasteiger partial charge in [0.2, 0.25) is 0 Å². The maximum absolute atomic E-state index is 14.3. The Hall–Kier alpha value is -2.03. The lowest BCUT2D eigenvalue weighted by molar-refractivity contribution is -0.385. The topological polar surface area (TPSA) is 116 Å². The van der Waals surface area contributed by atoms with Gasteiger partial charge in [0.15, 0.2) is 9.84 Å². The summed E-state index contributed by atoms with van der Waals surface area (Å²) >= 11 is 0. The Balaban J connectivity index is 2.12. The van der Waals surface area contributed by atoms with Crippen molar-refractivity contribution < 1.29 is 17.7 Å². The summed E-state index contributed by atoms with van der Waals surface area (Å²) in [6, 6.07) is 3.02. The highest BCUT2D eigenvalue weighted by molar-refractivity contribution is 7.93. The quantitative estimate of drug-likeness (QED) is 0.646. The van der Waals surface area contributed by atoms with Gasteiger partial charge in [-0.3, -0.25) is 15.1 Å². The number of non-ortho nitro benzene ring substituents is 1. The minimum Gasteiger partial charge on any atom is -0.386 e. The van der Waals surface area contributed by atoms with Crippen molar-refractivity contribution in [3.8, 4) is 0 Å². The second kappa shape index (κ2) is 5.48. The first-order valence-corrected chi connectivity index (χ1v) is 9.66. The van der Waals surface area contributed by atoms with E-state index in [1.807, 2.05) is 0 Å². The molecule has 2 atom stereocenters. The van der Waals surface area contributed by atoms with Crippen LogP contribution < -0.4 is 5.73 Å². The van der Waals surface area contributed by atoms with E-state index >= 15 is 0 Å². The van der Waals surface area contributed by atoms with E-state index in [-0.39, 0.29) is 17.1 Å². The molecule has 1 fully saturated rings. The summed E-state index contributed by atoms with van der Waals surface area (Å²) in [5, 5.41) is 11.0. The predicted molar refractivity (Wildman–Crippen MR) is 91.6 cm³/mol. The van der Waals surface area contributed by atoms with E-state index in [1.165, 1.54) is 6.92 Å². The summed E-state index contributed by atoms with van der Waals surface area (Å²) in [6.07, 6.45) is 2.34. The van der Waals surface area contributed by atoms with Gasteiger partial charge < -0.3 is 5.73 Å². The van der Waals surface area contributed by atoms with E-state index in [0.717, 1.165) is 31.0 Å². The number of hydrogen-bond donors (Lipinski definition) is 1. The molecular formula is C16H20FN3O4S. The van der Waals surface area contributed by atoms with Gasteiger partial charge >= 0.3 is 0 Å². The molecule has 2 N–H and O–H groups in total. The van der Waals surface area contributed by atoms with E-state index in [1.54, 1.807) is 6.92 Å². The molecule has 0 bridgehead atoms. The number of rotatable bonds is 4. The van der Waals surface area contributed by atoms with Crippen LogP contribution in [0.1, 0.15) is 38.7 Å². The van der Waals surface area contributed by atoms with Gasteiger partial charge in [0.05, 0.1) is 10.7 Å². The van der Waals surface area contributed by atoms with Crippen LogP contribution in [0.5, 0.6) is 0 Å². The number of sulfone groups is 1. The zero-order chi connectivity index (χ0) is 18.6. The predicted octanol–water partition coefficient (Wildman–Crippen LogP) is 2.29. The van der Waals surface area contributed by atoms with Crippen molar-refractivity contribution in [1.29, 1.82) is 0 Å². The van der Waals surface area contributed by atoms with Crippen LogP contribution >= 0.6 is 0 Å². The van der Waals surface area contributed by atoms with Gasteiger partial charge in [-0.15, -0.1) is 0 Å². The van der Waals surface area contributed by atoms with Gasteiger partial charge in [0.1, 0.15) is 21.9 Å². The fourth-order valence-corrected chi connectivity index (χ4v) is 5.52. The zero-order valence-electron chi connectivity index (χ0n) is 14.0. The first-order valence-electron chi connectivity index (χ1n) is 8.01. The lowest BCUT2D eigenvalue weighted by Gasteiger charge is -2.39. The molecule has 3 rings (SSSR count). The Kier molecular flexibility index (Phi) is 3.90. The SMILES string of the molecule is CC1(CC2CC2)C(N)=N[C@](C)(c2cc([N+](=O)[O-])ccc2F)CS1(=O)=O. The second-order valence-electron chi connectivity index (χ2n) is 7.33. The van der Waals surface area contributed by atoms with Crippen molar-refractivity contribution in [2.45, 2.75) is 43.4 Å². The first-order chi connectivity index (χ1) is 11.5. The molecule has 1 saturated carbocycles. The van der Waals surface area contributed by atoms with Gasteiger partial charge in [0.25, 0.3) is 5.69 Å². The number of aliphatic imine (C=N–C) groups is 1. The van der Waals surface area contributed by atoms with E-state index in [0.29, 0.717) is 12.3 Å². The summed E-state index contributed by atoms with van der Waals surface area (Å²) in [4.78, 5) is 14.6. The maximum Gasteiger partial charge on any atom is 0.270 e. The summed E-state index contributed by atoms with van der Waals surface area (Å²) in [5.41, 5.74) is 4.08. The van der Waals surface area contributed by atoms with Crippen LogP contribution in [0.4, 0.5) is 10.1 Å². The minimum atomic E-state index is -3.73.